The van der Waals surface area contributed by atoms with Crippen molar-refractivity contribution in [1.29, 1.82) is 0 Å². The van der Waals surface area contributed by atoms with Gasteiger partial charge < -0.3 is 5.73 Å². The summed E-state index contributed by atoms with van der Waals surface area (Å²) in [6, 6.07) is 0. The minimum Gasteiger partial charge on any atom is -0.326 e. The summed E-state index contributed by atoms with van der Waals surface area (Å²) in [5.74, 6) is 0. The van der Waals surface area contributed by atoms with Crippen LogP contribution in [0.5, 0.6) is 0 Å². The molecule has 0 saturated carbocycles. The highest BCUT2D eigenvalue weighted by atomic mass is 79.9. The van der Waals surface area contributed by atoms with E-state index in [1.54, 1.807) is 6.92 Å². The monoisotopic (exact) mass is 250 g/mol. The number of pyridine rings is 1. The van der Waals surface area contributed by atoms with E-state index >= 15 is 0 Å². The van der Waals surface area contributed by atoms with Crippen LogP contribution in [0.15, 0.2) is 10.8 Å². The van der Waals surface area contributed by atoms with Gasteiger partial charge in [0.1, 0.15) is 4.60 Å². The van der Waals surface area contributed by atoms with Crippen LogP contribution in [-0.4, -0.2) is 4.98 Å². The summed E-state index contributed by atoms with van der Waals surface area (Å²) in [6.07, 6.45) is -1.36. The quantitative estimate of drug-likeness (QED) is 0.820. The van der Waals surface area contributed by atoms with Gasteiger partial charge in [-0.05, 0) is 34.0 Å². The molecule has 0 saturated heterocycles. The second-order valence-electron chi connectivity index (χ2n) is 2.61. The van der Waals surface area contributed by atoms with E-state index in [-0.39, 0.29) is 12.1 Å². The van der Waals surface area contributed by atoms with Crippen molar-refractivity contribution in [3.8, 4) is 0 Å². The zero-order chi connectivity index (χ0) is 10.0. The summed E-state index contributed by atoms with van der Waals surface area (Å²) in [7, 11) is 0. The molecule has 0 fully saturated rings. The molecule has 0 aliphatic rings. The Morgan fingerprint density at radius 2 is 2.23 bits per heavy atom. The van der Waals surface area contributed by atoms with E-state index in [0.29, 0.717) is 15.7 Å². The number of hydrogen-bond acceptors (Lipinski definition) is 2. The molecule has 2 N–H and O–H groups in total. The lowest BCUT2D eigenvalue weighted by Crippen LogP contribution is -2.06. The van der Waals surface area contributed by atoms with Crippen molar-refractivity contribution in [3.05, 3.63) is 27.5 Å². The van der Waals surface area contributed by atoms with Gasteiger partial charge in [0.15, 0.2) is 0 Å². The summed E-state index contributed by atoms with van der Waals surface area (Å²) in [5, 5.41) is 0. The average Bonchev–Trinajstić information content (AvgIpc) is 2.09. The maximum atomic E-state index is 12.4. The Balaban J connectivity index is 3.30. The number of hydrogen-bond donors (Lipinski definition) is 1. The van der Waals surface area contributed by atoms with Gasteiger partial charge in [0.05, 0.1) is 0 Å². The summed E-state index contributed by atoms with van der Waals surface area (Å²) in [6.45, 7) is 1.82. The van der Waals surface area contributed by atoms with Gasteiger partial charge in [0, 0.05) is 18.3 Å². The predicted octanol–water partition coefficient (Wildman–Crippen LogP) is 2.55. The Morgan fingerprint density at radius 1 is 1.62 bits per heavy atom. The third-order valence-electron chi connectivity index (χ3n) is 1.87. The molecule has 1 aromatic heterocycles. The second kappa shape index (κ2) is 4.11. The van der Waals surface area contributed by atoms with E-state index in [0.717, 1.165) is 6.20 Å². The fourth-order valence-electron chi connectivity index (χ4n) is 1.10. The standard InChI is InChI=1S/C8H9BrF2N2/c1-4-5(2-12)6(8(10)11)3-13-7(4)9/h3,8H,2,12H2,1H3. The molecule has 0 bridgehead atoms. The van der Waals surface area contributed by atoms with Gasteiger partial charge in [0.2, 0.25) is 0 Å². The van der Waals surface area contributed by atoms with Crippen LogP contribution in [0.25, 0.3) is 0 Å². The molecule has 0 aliphatic carbocycles. The number of halogens is 3. The SMILES string of the molecule is Cc1c(Br)ncc(C(F)F)c1CN. The van der Waals surface area contributed by atoms with Gasteiger partial charge >= 0.3 is 0 Å². The van der Waals surface area contributed by atoms with Gasteiger partial charge in [-0.2, -0.15) is 0 Å². The van der Waals surface area contributed by atoms with Crippen LogP contribution in [0.3, 0.4) is 0 Å². The summed E-state index contributed by atoms with van der Waals surface area (Å²) < 4.78 is 25.4. The number of aromatic nitrogens is 1. The molecular weight excluding hydrogens is 242 g/mol. The van der Waals surface area contributed by atoms with Crippen molar-refractivity contribution in [2.45, 2.75) is 19.9 Å². The van der Waals surface area contributed by atoms with Crippen LogP contribution in [0.2, 0.25) is 0 Å². The van der Waals surface area contributed by atoms with Crippen LogP contribution in [0.4, 0.5) is 8.78 Å². The van der Waals surface area contributed by atoms with Crippen molar-refractivity contribution in [2.24, 2.45) is 5.73 Å². The lowest BCUT2D eigenvalue weighted by molar-refractivity contribution is 0.149. The van der Waals surface area contributed by atoms with Crippen molar-refractivity contribution in [1.82, 2.24) is 4.98 Å². The van der Waals surface area contributed by atoms with E-state index in [9.17, 15) is 8.78 Å². The van der Waals surface area contributed by atoms with Crippen molar-refractivity contribution in [3.63, 3.8) is 0 Å². The average molecular weight is 251 g/mol. The van der Waals surface area contributed by atoms with Crippen LogP contribution >= 0.6 is 15.9 Å². The Bertz CT molecular complexity index is 315. The topological polar surface area (TPSA) is 38.9 Å². The minimum absolute atomic E-state index is 0.0804. The Kier molecular flexibility index (Phi) is 3.33. The molecule has 0 unspecified atom stereocenters. The van der Waals surface area contributed by atoms with E-state index < -0.39 is 6.43 Å². The minimum atomic E-state index is -2.52. The molecule has 1 rings (SSSR count). The zero-order valence-electron chi connectivity index (χ0n) is 7.02. The molecule has 0 spiro atoms. The molecular formula is C8H9BrF2N2. The van der Waals surface area contributed by atoms with Gasteiger partial charge in [-0.25, -0.2) is 13.8 Å². The van der Waals surface area contributed by atoms with Gasteiger partial charge in [-0.3, -0.25) is 0 Å². The second-order valence-corrected chi connectivity index (χ2v) is 3.36. The fraction of sp³-hybridized carbons (Fsp3) is 0.375. The van der Waals surface area contributed by atoms with E-state index in [2.05, 4.69) is 20.9 Å². The Labute approximate surface area is 83.3 Å². The molecule has 0 aliphatic heterocycles. The lowest BCUT2D eigenvalue weighted by atomic mass is 10.1. The molecule has 5 heteroatoms. The number of alkyl halides is 2. The van der Waals surface area contributed by atoms with E-state index in [1.165, 1.54) is 0 Å². The summed E-state index contributed by atoms with van der Waals surface area (Å²) in [4.78, 5) is 3.79. The maximum Gasteiger partial charge on any atom is 0.265 e. The predicted molar refractivity (Wildman–Crippen MR) is 49.5 cm³/mol. The van der Waals surface area contributed by atoms with Gasteiger partial charge in [-0.15, -0.1) is 0 Å². The lowest BCUT2D eigenvalue weighted by Gasteiger charge is -2.10. The highest BCUT2D eigenvalue weighted by Gasteiger charge is 2.15. The molecule has 0 aromatic carbocycles. The molecule has 1 aromatic rings. The number of nitrogens with zero attached hydrogens (tertiary/aromatic N) is 1. The molecule has 13 heavy (non-hydrogen) atoms. The Morgan fingerprint density at radius 3 is 2.69 bits per heavy atom. The first-order valence-corrected chi connectivity index (χ1v) is 4.49. The van der Waals surface area contributed by atoms with Crippen LogP contribution in [0, 0.1) is 6.92 Å². The van der Waals surface area contributed by atoms with Crippen molar-refractivity contribution in [2.75, 3.05) is 0 Å². The Hall–Kier alpha value is -0.550. The third kappa shape index (κ3) is 2.03. The fourth-order valence-corrected chi connectivity index (χ4v) is 1.44. The zero-order valence-corrected chi connectivity index (χ0v) is 8.61. The highest BCUT2D eigenvalue weighted by molar-refractivity contribution is 9.10. The van der Waals surface area contributed by atoms with E-state index in [1.807, 2.05) is 0 Å². The molecule has 72 valence electrons. The number of nitrogens with two attached hydrogens (primary N) is 1. The smallest absolute Gasteiger partial charge is 0.265 e. The molecule has 0 radical (unpaired) electrons. The molecule has 1 heterocycles. The van der Waals surface area contributed by atoms with Gasteiger partial charge in [0.25, 0.3) is 6.43 Å². The van der Waals surface area contributed by atoms with E-state index in [4.69, 9.17) is 5.73 Å². The largest absolute Gasteiger partial charge is 0.326 e. The number of rotatable bonds is 2. The molecule has 0 atom stereocenters. The molecule has 2 nitrogen and oxygen atoms in total. The first-order valence-electron chi connectivity index (χ1n) is 3.70. The van der Waals surface area contributed by atoms with Crippen LogP contribution < -0.4 is 5.73 Å². The van der Waals surface area contributed by atoms with Crippen molar-refractivity contribution < 1.29 is 8.78 Å². The first-order chi connectivity index (χ1) is 6.07. The van der Waals surface area contributed by atoms with Crippen molar-refractivity contribution >= 4 is 15.9 Å². The molecule has 0 amide bonds. The van der Waals surface area contributed by atoms with Crippen LogP contribution in [0.1, 0.15) is 23.1 Å². The highest BCUT2D eigenvalue weighted by Crippen LogP contribution is 2.27. The van der Waals surface area contributed by atoms with Crippen LogP contribution in [-0.2, 0) is 6.54 Å². The maximum absolute atomic E-state index is 12.4. The normalized spacial score (nSPS) is 10.9. The first kappa shape index (κ1) is 10.5. The third-order valence-corrected chi connectivity index (χ3v) is 2.67. The summed E-state index contributed by atoms with van der Waals surface area (Å²) in [5.41, 5.74) is 6.45. The van der Waals surface area contributed by atoms with Gasteiger partial charge in [-0.1, -0.05) is 0 Å². The summed E-state index contributed by atoms with van der Waals surface area (Å²) >= 11 is 3.16.